The summed E-state index contributed by atoms with van der Waals surface area (Å²) in [6.45, 7) is 0. The lowest BCUT2D eigenvalue weighted by atomic mass is 10.2. The summed E-state index contributed by atoms with van der Waals surface area (Å²) in [4.78, 5) is 7.27. The predicted molar refractivity (Wildman–Crippen MR) is 69.1 cm³/mol. The summed E-state index contributed by atoms with van der Waals surface area (Å²) in [5.74, 6) is -0.181. The van der Waals surface area contributed by atoms with Crippen molar-refractivity contribution in [2.24, 2.45) is 0 Å². The first-order valence-electron chi connectivity index (χ1n) is 5.23. The van der Waals surface area contributed by atoms with E-state index in [1.165, 1.54) is 24.3 Å². The molecule has 0 atom stereocenters. The Hall–Kier alpha value is -1.75. The first-order chi connectivity index (χ1) is 8.61. The van der Waals surface area contributed by atoms with Gasteiger partial charge in [-0.3, -0.25) is 0 Å². The van der Waals surface area contributed by atoms with Crippen LogP contribution in [0.25, 0.3) is 22.4 Å². The van der Waals surface area contributed by atoms with Crippen molar-refractivity contribution in [3.8, 4) is 11.4 Å². The van der Waals surface area contributed by atoms with E-state index in [1.807, 2.05) is 0 Å². The maximum atomic E-state index is 13.3. The van der Waals surface area contributed by atoms with Gasteiger partial charge in [0.1, 0.15) is 17.5 Å². The molecule has 0 aliphatic carbocycles. The number of fused-ring (bicyclic) bond motifs is 1. The van der Waals surface area contributed by atoms with Crippen LogP contribution >= 0.6 is 15.9 Å². The summed E-state index contributed by atoms with van der Waals surface area (Å²) in [7, 11) is 0. The van der Waals surface area contributed by atoms with E-state index in [0.717, 1.165) is 0 Å². The minimum Gasteiger partial charge on any atom is -0.338 e. The topological polar surface area (TPSA) is 28.7 Å². The predicted octanol–water partition coefficient (Wildman–Crippen LogP) is 4.27. The van der Waals surface area contributed by atoms with Crippen LogP contribution in [0.2, 0.25) is 0 Å². The Bertz CT molecular complexity index is 717. The van der Waals surface area contributed by atoms with Crippen LogP contribution in [-0.4, -0.2) is 9.97 Å². The normalized spacial score (nSPS) is 11.1. The molecule has 0 saturated carbocycles. The second-order valence-electron chi connectivity index (χ2n) is 3.91. The molecule has 0 aliphatic rings. The number of nitrogens with one attached hydrogen (secondary N) is 1. The zero-order valence-electron chi connectivity index (χ0n) is 9.05. The quantitative estimate of drug-likeness (QED) is 0.714. The summed E-state index contributed by atoms with van der Waals surface area (Å²) in [6.07, 6.45) is 0. The molecule has 5 heteroatoms. The van der Waals surface area contributed by atoms with Gasteiger partial charge in [0, 0.05) is 10.0 Å². The molecule has 90 valence electrons. The van der Waals surface area contributed by atoms with Gasteiger partial charge in [-0.25, -0.2) is 13.8 Å². The van der Waals surface area contributed by atoms with Crippen molar-refractivity contribution in [3.63, 3.8) is 0 Å². The van der Waals surface area contributed by atoms with Crippen molar-refractivity contribution >= 4 is 27.0 Å². The fourth-order valence-corrected chi connectivity index (χ4v) is 2.27. The minimum absolute atomic E-state index is 0.335. The fraction of sp³-hybridized carbons (Fsp3) is 0. The molecule has 2 nitrogen and oxygen atoms in total. The molecule has 0 aliphatic heterocycles. The molecule has 2 aromatic carbocycles. The number of rotatable bonds is 1. The first-order valence-corrected chi connectivity index (χ1v) is 6.03. The maximum absolute atomic E-state index is 13.3. The molecule has 1 aromatic heterocycles. The summed E-state index contributed by atoms with van der Waals surface area (Å²) in [5.41, 5.74) is 1.84. The van der Waals surface area contributed by atoms with Crippen molar-refractivity contribution in [1.29, 1.82) is 0 Å². The summed E-state index contributed by atoms with van der Waals surface area (Å²) in [6, 6.07) is 8.77. The summed E-state index contributed by atoms with van der Waals surface area (Å²) >= 11 is 3.22. The van der Waals surface area contributed by atoms with Crippen molar-refractivity contribution in [2.75, 3.05) is 0 Å². The number of hydrogen-bond acceptors (Lipinski definition) is 1. The zero-order chi connectivity index (χ0) is 12.7. The molecule has 3 rings (SSSR count). The highest BCUT2D eigenvalue weighted by molar-refractivity contribution is 9.10. The van der Waals surface area contributed by atoms with Gasteiger partial charge in [-0.2, -0.15) is 0 Å². The average Bonchev–Trinajstić information content (AvgIpc) is 2.70. The Balaban J connectivity index is 2.19. The number of halogens is 3. The SMILES string of the molecule is Fc1cc(Br)cc(-c2nc3ccc(F)cc3[nH]2)c1. The van der Waals surface area contributed by atoms with Crippen molar-refractivity contribution < 1.29 is 8.78 Å². The molecule has 0 radical (unpaired) electrons. The van der Waals surface area contributed by atoms with E-state index < -0.39 is 0 Å². The third-order valence-corrected chi connectivity index (χ3v) is 3.04. The van der Waals surface area contributed by atoms with Gasteiger partial charge in [0.2, 0.25) is 0 Å². The van der Waals surface area contributed by atoms with E-state index in [0.29, 0.717) is 26.9 Å². The number of aromatic amines is 1. The van der Waals surface area contributed by atoms with Crippen LogP contribution in [0.3, 0.4) is 0 Å². The van der Waals surface area contributed by atoms with E-state index in [2.05, 4.69) is 25.9 Å². The lowest BCUT2D eigenvalue weighted by Crippen LogP contribution is -1.83. The smallest absolute Gasteiger partial charge is 0.138 e. The highest BCUT2D eigenvalue weighted by Crippen LogP contribution is 2.25. The van der Waals surface area contributed by atoms with Gasteiger partial charge in [-0.05, 0) is 36.4 Å². The van der Waals surface area contributed by atoms with E-state index >= 15 is 0 Å². The molecule has 0 fully saturated rings. The molecule has 1 heterocycles. The Morgan fingerprint density at radius 2 is 1.83 bits per heavy atom. The van der Waals surface area contributed by atoms with Gasteiger partial charge in [-0.15, -0.1) is 0 Å². The lowest BCUT2D eigenvalue weighted by molar-refractivity contribution is 0.627. The highest BCUT2D eigenvalue weighted by atomic mass is 79.9. The summed E-state index contributed by atoms with van der Waals surface area (Å²) in [5, 5.41) is 0. The zero-order valence-corrected chi connectivity index (χ0v) is 10.6. The van der Waals surface area contributed by atoms with E-state index in [4.69, 9.17) is 0 Å². The third kappa shape index (κ3) is 2.01. The standard InChI is InChI=1S/C13H7BrF2N2/c14-8-3-7(4-10(16)5-8)13-17-11-2-1-9(15)6-12(11)18-13/h1-6H,(H,17,18). The summed E-state index contributed by atoms with van der Waals surface area (Å²) < 4.78 is 27.0. The van der Waals surface area contributed by atoms with Gasteiger partial charge >= 0.3 is 0 Å². The van der Waals surface area contributed by atoms with E-state index in [-0.39, 0.29) is 11.6 Å². The molecule has 0 unspecified atom stereocenters. The average molecular weight is 309 g/mol. The highest BCUT2D eigenvalue weighted by Gasteiger charge is 2.08. The Morgan fingerprint density at radius 1 is 1.00 bits per heavy atom. The van der Waals surface area contributed by atoms with Gasteiger partial charge in [0.15, 0.2) is 0 Å². The van der Waals surface area contributed by atoms with E-state index in [9.17, 15) is 8.78 Å². The molecule has 0 bridgehead atoms. The monoisotopic (exact) mass is 308 g/mol. The Morgan fingerprint density at radius 3 is 2.61 bits per heavy atom. The number of H-pyrrole nitrogens is 1. The molecule has 18 heavy (non-hydrogen) atoms. The first kappa shape index (κ1) is 11.3. The van der Waals surface area contributed by atoms with Crippen molar-refractivity contribution in [2.45, 2.75) is 0 Å². The van der Waals surface area contributed by atoms with Crippen molar-refractivity contribution in [1.82, 2.24) is 9.97 Å². The number of imidazole rings is 1. The molecule has 1 N–H and O–H groups in total. The molecule has 3 aromatic rings. The molecular weight excluding hydrogens is 302 g/mol. The minimum atomic E-state index is -0.356. The second kappa shape index (κ2) is 4.17. The largest absolute Gasteiger partial charge is 0.338 e. The second-order valence-corrected chi connectivity index (χ2v) is 4.82. The van der Waals surface area contributed by atoms with Crippen LogP contribution in [-0.2, 0) is 0 Å². The Labute approximate surface area is 110 Å². The number of aromatic nitrogens is 2. The van der Waals surface area contributed by atoms with Crippen LogP contribution in [0.5, 0.6) is 0 Å². The van der Waals surface area contributed by atoms with Gasteiger partial charge in [-0.1, -0.05) is 15.9 Å². The lowest BCUT2D eigenvalue weighted by Gasteiger charge is -1.98. The van der Waals surface area contributed by atoms with Gasteiger partial charge < -0.3 is 4.98 Å². The van der Waals surface area contributed by atoms with Crippen molar-refractivity contribution in [3.05, 3.63) is 52.5 Å². The molecular formula is C13H7BrF2N2. The van der Waals surface area contributed by atoms with E-state index in [1.54, 1.807) is 12.1 Å². The van der Waals surface area contributed by atoms with Gasteiger partial charge in [0.05, 0.1) is 11.0 Å². The maximum Gasteiger partial charge on any atom is 0.138 e. The fourth-order valence-electron chi connectivity index (χ4n) is 1.81. The van der Waals surface area contributed by atoms with Crippen LogP contribution in [0.15, 0.2) is 40.9 Å². The van der Waals surface area contributed by atoms with Crippen LogP contribution in [0.1, 0.15) is 0 Å². The van der Waals surface area contributed by atoms with Crippen LogP contribution in [0.4, 0.5) is 8.78 Å². The number of nitrogens with zero attached hydrogens (tertiary/aromatic N) is 1. The molecule has 0 amide bonds. The van der Waals surface area contributed by atoms with Crippen LogP contribution < -0.4 is 0 Å². The molecule has 0 spiro atoms. The molecule has 0 saturated heterocycles. The number of hydrogen-bond donors (Lipinski definition) is 1. The number of benzene rings is 2. The Kier molecular flexibility index (Phi) is 2.63. The third-order valence-electron chi connectivity index (χ3n) is 2.58. The van der Waals surface area contributed by atoms with Gasteiger partial charge in [0.25, 0.3) is 0 Å². The van der Waals surface area contributed by atoms with Crippen LogP contribution in [0, 0.1) is 11.6 Å².